The third kappa shape index (κ3) is 3.41. The predicted molar refractivity (Wildman–Crippen MR) is 87.3 cm³/mol. The van der Waals surface area contributed by atoms with Gasteiger partial charge >= 0.3 is 0 Å². The highest BCUT2D eigenvalue weighted by Crippen LogP contribution is 2.30. The highest BCUT2D eigenvalue weighted by molar-refractivity contribution is 6.34. The molecule has 6 heteroatoms. The fourth-order valence-electron chi connectivity index (χ4n) is 2.08. The molecular weight excluding hydrogens is 316 g/mol. The van der Waals surface area contributed by atoms with Crippen molar-refractivity contribution >= 4 is 23.2 Å². The monoisotopic (exact) mass is 328 g/mol. The van der Waals surface area contributed by atoms with Crippen molar-refractivity contribution in [3.63, 3.8) is 0 Å². The summed E-state index contributed by atoms with van der Waals surface area (Å²) in [4.78, 5) is 16.1. The Kier molecular flexibility index (Phi) is 4.41. The molecule has 23 heavy (non-hydrogen) atoms. The van der Waals surface area contributed by atoms with Crippen molar-refractivity contribution in [1.82, 2.24) is 4.98 Å². The van der Waals surface area contributed by atoms with E-state index in [0.29, 0.717) is 27.8 Å². The van der Waals surface area contributed by atoms with E-state index in [2.05, 4.69) is 10.3 Å². The number of anilines is 1. The van der Waals surface area contributed by atoms with E-state index >= 15 is 0 Å². The Balaban J connectivity index is 1.87. The van der Waals surface area contributed by atoms with Gasteiger partial charge in [0, 0.05) is 18.0 Å². The molecule has 0 aliphatic carbocycles. The second-order valence-corrected chi connectivity index (χ2v) is 5.22. The van der Waals surface area contributed by atoms with Gasteiger partial charge in [0.05, 0.1) is 16.3 Å². The van der Waals surface area contributed by atoms with Crippen molar-refractivity contribution in [3.05, 3.63) is 71.2 Å². The van der Waals surface area contributed by atoms with Crippen LogP contribution in [0.1, 0.15) is 16.1 Å². The molecule has 1 amide bonds. The van der Waals surface area contributed by atoms with Gasteiger partial charge in [-0.1, -0.05) is 11.6 Å². The summed E-state index contributed by atoms with van der Waals surface area (Å²) < 4.78 is 5.49. The first-order valence-corrected chi connectivity index (χ1v) is 7.26. The molecule has 0 aliphatic rings. The Labute approximate surface area is 137 Å². The van der Waals surface area contributed by atoms with Crippen LogP contribution in [0.15, 0.2) is 59.3 Å². The number of aromatic nitrogens is 1. The van der Waals surface area contributed by atoms with Crippen LogP contribution in [0.5, 0.6) is 0 Å². The van der Waals surface area contributed by atoms with Gasteiger partial charge in [0.15, 0.2) is 0 Å². The minimum absolute atomic E-state index is 0.168. The Hall–Kier alpha value is -2.63. The average Bonchev–Trinajstić information content (AvgIpc) is 3.07. The number of hydrogen-bond acceptors (Lipinski definition) is 4. The van der Waals surface area contributed by atoms with Gasteiger partial charge < -0.3 is 14.8 Å². The first-order chi connectivity index (χ1) is 11.2. The van der Waals surface area contributed by atoms with Gasteiger partial charge in [0.2, 0.25) is 0 Å². The summed E-state index contributed by atoms with van der Waals surface area (Å²) in [6.45, 7) is -0.168. The molecule has 116 valence electrons. The molecule has 2 aromatic heterocycles. The summed E-state index contributed by atoms with van der Waals surface area (Å²) in [5.41, 5.74) is 1.66. The highest BCUT2D eigenvalue weighted by atomic mass is 35.5. The molecule has 0 atom stereocenters. The van der Waals surface area contributed by atoms with Crippen LogP contribution in [0.3, 0.4) is 0 Å². The van der Waals surface area contributed by atoms with Crippen molar-refractivity contribution in [3.8, 4) is 11.3 Å². The molecule has 3 rings (SSSR count). The van der Waals surface area contributed by atoms with Crippen molar-refractivity contribution in [1.29, 1.82) is 0 Å². The van der Waals surface area contributed by atoms with Crippen molar-refractivity contribution in [2.75, 3.05) is 5.32 Å². The summed E-state index contributed by atoms with van der Waals surface area (Å²) in [5, 5.41) is 12.2. The Morgan fingerprint density at radius 1 is 1.26 bits per heavy atom. The van der Waals surface area contributed by atoms with Crippen LogP contribution >= 0.6 is 11.6 Å². The molecule has 0 saturated heterocycles. The van der Waals surface area contributed by atoms with Crippen molar-refractivity contribution in [2.24, 2.45) is 0 Å². The van der Waals surface area contributed by atoms with Gasteiger partial charge in [-0.3, -0.25) is 9.78 Å². The van der Waals surface area contributed by atoms with E-state index in [1.807, 2.05) is 0 Å². The van der Waals surface area contributed by atoms with Gasteiger partial charge in [-0.25, -0.2) is 0 Å². The molecule has 0 bridgehead atoms. The SMILES string of the molecule is O=C(Nc1cc(-c2ccc(CO)o2)ccc1Cl)c1cccnc1. The lowest BCUT2D eigenvalue weighted by Gasteiger charge is -2.08. The van der Waals surface area contributed by atoms with Crippen molar-refractivity contribution in [2.45, 2.75) is 6.61 Å². The predicted octanol–water partition coefficient (Wildman–Crippen LogP) is 3.74. The number of amides is 1. The lowest BCUT2D eigenvalue weighted by Crippen LogP contribution is -2.12. The molecule has 0 radical (unpaired) electrons. The standard InChI is InChI=1S/C17H13ClN2O3/c18-14-5-3-11(16-6-4-13(10-21)23-16)8-15(14)20-17(22)12-2-1-7-19-9-12/h1-9,21H,10H2,(H,20,22). The number of carbonyl (C=O) groups is 1. The number of furan rings is 1. The van der Waals surface area contributed by atoms with Crippen LogP contribution in [0, 0.1) is 0 Å². The van der Waals surface area contributed by atoms with Crippen molar-refractivity contribution < 1.29 is 14.3 Å². The highest BCUT2D eigenvalue weighted by Gasteiger charge is 2.11. The summed E-state index contributed by atoms with van der Waals surface area (Å²) in [6.07, 6.45) is 3.08. The molecule has 3 aromatic rings. The minimum Gasteiger partial charge on any atom is -0.459 e. The Bertz CT molecular complexity index is 831. The fraction of sp³-hybridized carbons (Fsp3) is 0.0588. The summed E-state index contributed by atoms with van der Waals surface area (Å²) in [6, 6.07) is 12.0. The molecule has 1 aromatic carbocycles. The summed E-state index contributed by atoms with van der Waals surface area (Å²) in [5.74, 6) is 0.756. The molecule has 2 N–H and O–H groups in total. The topological polar surface area (TPSA) is 75.4 Å². The maximum atomic E-state index is 12.2. The number of aliphatic hydroxyl groups excluding tert-OH is 1. The molecule has 0 unspecified atom stereocenters. The maximum absolute atomic E-state index is 12.2. The van der Waals surface area contributed by atoms with E-state index in [-0.39, 0.29) is 12.5 Å². The Morgan fingerprint density at radius 3 is 2.83 bits per heavy atom. The number of pyridine rings is 1. The zero-order valence-electron chi connectivity index (χ0n) is 12.0. The van der Waals surface area contributed by atoms with Crippen LogP contribution in [0.2, 0.25) is 5.02 Å². The average molecular weight is 329 g/mol. The van der Waals surface area contributed by atoms with E-state index < -0.39 is 0 Å². The van der Waals surface area contributed by atoms with Gasteiger partial charge in [0.1, 0.15) is 18.1 Å². The second kappa shape index (κ2) is 6.64. The van der Waals surface area contributed by atoms with Crippen LogP contribution in [0.25, 0.3) is 11.3 Å². The normalized spacial score (nSPS) is 10.5. The zero-order valence-corrected chi connectivity index (χ0v) is 12.7. The van der Waals surface area contributed by atoms with Crippen LogP contribution < -0.4 is 5.32 Å². The first-order valence-electron chi connectivity index (χ1n) is 6.88. The van der Waals surface area contributed by atoms with E-state index in [9.17, 15) is 4.79 Å². The lowest BCUT2D eigenvalue weighted by molar-refractivity contribution is 0.102. The van der Waals surface area contributed by atoms with Gasteiger partial charge in [0.25, 0.3) is 5.91 Å². The zero-order chi connectivity index (χ0) is 16.2. The second-order valence-electron chi connectivity index (χ2n) is 4.81. The number of rotatable bonds is 4. The number of nitrogens with zero attached hydrogens (tertiary/aromatic N) is 1. The molecule has 5 nitrogen and oxygen atoms in total. The molecule has 0 saturated carbocycles. The number of benzene rings is 1. The van der Waals surface area contributed by atoms with Gasteiger partial charge in [-0.05, 0) is 42.5 Å². The van der Waals surface area contributed by atoms with E-state index in [1.54, 1.807) is 48.7 Å². The van der Waals surface area contributed by atoms with Gasteiger partial charge in [-0.15, -0.1) is 0 Å². The van der Waals surface area contributed by atoms with Crippen LogP contribution in [-0.2, 0) is 6.61 Å². The summed E-state index contributed by atoms with van der Waals surface area (Å²) >= 11 is 6.15. The molecule has 0 aliphatic heterocycles. The van der Waals surface area contributed by atoms with E-state index in [1.165, 1.54) is 6.20 Å². The van der Waals surface area contributed by atoms with Gasteiger partial charge in [-0.2, -0.15) is 0 Å². The fourth-order valence-corrected chi connectivity index (χ4v) is 2.25. The Morgan fingerprint density at radius 2 is 2.13 bits per heavy atom. The third-order valence-electron chi connectivity index (χ3n) is 3.24. The van der Waals surface area contributed by atoms with Crippen LogP contribution in [0.4, 0.5) is 5.69 Å². The molecule has 0 fully saturated rings. The maximum Gasteiger partial charge on any atom is 0.257 e. The quantitative estimate of drug-likeness (QED) is 0.765. The number of aliphatic hydroxyl groups is 1. The first kappa shape index (κ1) is 15.3. The minimum atomic E-state index is -0.298. The molecule has 2 heterocycles. The van der Waals surface area contributed by atoms with E-state index in [0.717, 1.165) is 5.56 Å². The van der Waals surface area contributed by atoms with E-state index in [4.69, 9.17) is 21.1 Å². The smallest absolute Gasteiger partial charge is 0.257 e. The molecule has 0 spiro atoms. The third-order valence-corrected chi connectivity index (χ3v) is 3.57. The number of nitrogens with one attached hydrogen (secondary N) is 1. The molecular formula is C17H13ClN2O3. The lowest BCUT2D eigenvalue weighted by atomic mass is 10.1. The summed E-state index contributed by atoms with van der Waals surface area (Å²) in [7, 11) is 0. The number of hydrogen-bond donors (Lipinski definition) is 2. The largest absolute Gasteiger partial charge is 0.459 e. The van der Waals surface area contributed by atoms with Crippen LogP contribution in [-0.4, -0.2) is 16.0 Å². The number of carbonyl (C=O) groups excluding carboxylic acids is 1. The number of halogens is 1.